The second-order valence-corrected chi connectivity index (χ2v) is 4.94. The Balaban J connectivity index is 1.97. The summed E-state index contributed by atoms with van der Waals surface area (Å²) in [6, 6.07) is 5.79. The number of nitrogens with one attached hydrogen (secondary N) is 1. The first kappa shape index (κ1) is 14.5. The summed E-state index contributed by atoms with van der Waals surface area (Å²) in [6.07, 6.45) is 0.640. The highest BCUT2D eigenvalue weighted by molar-refractivity contribution is 7.15. The Labute approximate surface area is 119 Å². The Morgan fingerprint density at radius 2 is 2.20 bits per heavy atom. The third kappa shape index (κ3) is 3.82. The van der Waals surface area contributed by atoms with Crippen LogP contribution in [0.2, 0.25) is 0 Å². The van der Waals surface area contributed by atoms with Crippen molar-refractivity contribution in [1.29, 1.82) is 0 Å². The van der Waals surface area contributed by atoms with E-state index in [-0.39, 0.29) is 5.56 Å². The lowest BCUT2D eigenvalue weighted by Crippen LogP contribution is -2.13. The van der Waals surface area contributed by atoms with Crippen molar-refractivity contribution in [2.24, 2.45) is 0 Å². The highest BCUT2D eigenvalue weighted by atomic mass is 32.1. The van der Waals surface area contributed by atoms with Crippen molar-refractivity contribution in [2.75, 3.05) is 18.5 Å². The number of ether oxygens (including phenoxy) is 1. The second-order valence-electron chi connectivity index (χ2n) is 3.88. The van der Waals surface area contributed by atoms with Crippen LogP contribution in [0.5, 0.6) is 0 Å². The van der Waals surface area contributed by atoms with E-state index in [1.807, 2.05) is 6.92 Å². The van der Waals surface area contributed by atoms with Crippen molar-refractivity contribution in [3.8, 4) is 0 Å². The van der Waals surface area contributed by atoms with Crippen molar-refractivity contribution in [3.63, 3.8) is 0 Å². The highest BCUT2D eigenvalue weighted by Gasteiger charge is 2.13. The van der Waals surface area contributed by atoms with Crippen molar-refractivity contribution in [1.82, 2.24) is 10.2 Å². The fraction of sp³-hybridized carbons (Fsp3) is 0.308. The van der Waals surface area contributed by atoms with Gasteiger partial charge in [-0.1, -0.05) is 23.5 Å². The van der Waals surface area contributed by atoms with Gasteiger partial charge < -0.3 is 4.74 Å². The van der Waals surface area contributed by atoms with E-state index >= 15 is 0 Å². The number of rotatable bonds is 6. The predicted molar refractivity (Wildman–Crippen MR) is 74.5 cm³/mol. The maximum absolute atomic E-state index is 13.4. The molecule has 0 radical (unpaired) electrons. The van der Waals surface area contributed by atoms with Crippen LogP contribution in [-0.2, 0) is 11.2 Å². The molecule has 5 nitrogen and oxygen atoms in total. The Kier molecular flexibility index (Phi) is 5.14. The summed E-state index contributed by atoms with van der Waals surface area (Å²) in [6.45, 7) is 3.13. The van der Waals surface area contributed by atoms with E-state index in [0.717, 1.165) is 5.01 Å². The van der Waals surface area contributed by atoms with Gasteiger partial charge in [0, 0.05) is 13.0 Å². The first-order valence-electron chi connectivity index (χ1n) is 6.16. The van der Waals surface area contributed by atoms with Gasteiger partial charge >= 0.3 is 0 Å². The summed E-state index contributed by atoms with van der Waals surface area (Å²) in [5.74, 6) is -1.10. The van der Waals surface area contributed by atoms with E-state index in [2.05, 4.69) is 15.5 Å². The van der Waals surface area contributed by atoms with Gasteiger partial charge in [-0.05, 0) is 19.1 Å². The number of carbonyl (C=O) groups excluding carboxylic acids is 1. The second kappa shape index (κ2) is 7.06. The normalized spacial score (nSPS) is 10.5. The number of nitrogens with zero attached hydrogens (tertiary/aromatic N) is 2. The number of amides is 1. The molecule has 1 aromatic carbocycles. The van der Waals surface area contributed by atoms with Crippen LogP contribution in [0.3, 0.4) is 0 Å². The number of hydrogen-bond acceptors (Lipinski definition) is 5. The number of anilines is 1. The molecule has 2 aromatic rings. The first-order chi connectivity index (χ1) is 9.70. The fourth-order valence-corrected chi connectivity index (χ4v) is 2.23. The predicted octanol–water partition coefficient (Wildman–Crippen LogP) is 2.51. The molecular formula is C13H14FN3O2S. The minimum Gasteiger partial charge on any atom is -0.381 e. The van der Waals surface area contributed by atoms with E-state index < -0.39 is 11.7 Å². The molecule has 7 heteroatoms. The Hall–Kier alpha value is -1.86. The quantitative estimate of drug-likeness (QED) is 0.832. The number of halogens is 1. The molecule has 2 rings (SSSR count). The average molecular weight is 295 g/mol. The molecular weight excluding hydrogens is 281 g/mol. The highest BCUT2D eigenvalue weighted by Crippen LogP contribution is 2.17. The molecule has 1 amide bonds. The van der Waals surface area contributed by atoms with Gasteiger partial charge in [-0.25, -0.2) is 4.39 Å². The summed E-state index contributed by atoms with van der Waals surface area (Å²) in [4.78, 5) is 11.9. The van der Waals surface area contributed by atoms with E-state index in [4.69, 9.17) is 4.74 Å². The molecule has 0 saturated carbocycles. The molecule has 0 atom stereocenters. The topological polar surface area (TPSA) is 64.1 Å². The first-order valence-corrected chi connectivity index (χ1v) is 6.98. The summed E-state index contributed by atoms with van der Waals surface area (Å²) >= 11 is 1.26. The monoisotopic (exact) mass is 295 g/mol. The molecule has 0 aliphatic carbocycles. The molecule has 0 aliphatic rings. The van der Waals surface area contributed by atoms with Gasteiger partial charge in [0.15, 0.2) is 0 Å². The maximum Gasteiger partial charge on any atom is 0.260 e. The van der Waals surface area contributed by atoms with E-state index in [1.165, 1.54) is 29.5 Å². The van der Waals surface area contributed by atoms with Gasteiger partial charge in [-0.2, -0.15) is 0 Å². The Morgan fingerprint density at radius 1 is 1.40 bits per heavy atom. The van der Waals surface area contributed by atoms with Crippen LogP contribution in [0.1, 0.15) is 22.3 Å². The molecule has 106 valence electrons. The Bertz CT molecular complexity index is 589. The minimum absolute atomic E-state index is 0.0152. The molecule has 0 spiro atoms. The van der Waals surface area contributed by atoms with Crippen LogP contribution in [0.4, 0.5) is 9.52 Å². The standard InChI is InChI=1S/C13H14FN3O2S/c1-2-19-8-7-11-16-17-13(20-11)15-12(18)9-5-3-4-6-10(9)14/h3-6H,2,7-8H2,1H3,(H,15,17,18). The smallest absolute Gasteiger partial charge is 0.260 e. The van der Waals surface area contributed by atoms with Crippen molar-refractivity contribution >= 4 is 22.4 Å². The van der Waals surface area contributed by atoms with Crippen molar-refractivity contribution in [3.05, 3.63) is 40.7 Å². The van der Waals surface area contributed by atoms with Gasteiger partial charge in [0.1, 0.15) is 10.8 Å². The zero-order valence-corrected chi connectivity index (χ0v) is 11.7. The summed E-state index contributed by atoms with van der Waals surface area (Å²) in [5, 5.41) is 11.4. The third-order valence-electron chi connectivity index (χ3n) is 2.47. The fourth-order valence-electron chi connectivity index (χ4n) is 1.52. The molecule has 0 unspecified atom stereocenters. The lowest BCUT2D eigenvalue weighted by Gasteiger charge is -2.01. The molecule has 20 heavy (non-hydrogen) atoms. The number of aromatic nitrogens is 2. The zero-order valence-electron chi connectivity index (χ0n) is 10.9. The van der Waals surface area contributed by atoms with E-state index in [0.29, 0.717) is 24.8 Å². The molecule has 0 saturated heterocycles. The van der Waals surface area contributed by atoms with Gasteiger partial charge in [-0.15, -0.1) is 10.2 Å². The zero-order chi connectivity index (χ0) is 14.4. The third-order valence-corrected chi connectivity index (χ3v) is 3.37. The minimum atomic E-state index is -0.564. The summed E-state index contributed by atoms with van der Waals surface area (Å²) < 4.78 is 18.7. The number of carbonyl (C=O) groups is 1. The number of hydrogen-bond donors (Lipinski definition) is 1. The molecule has 0 aliphatic heterocycles. The van der Waals surface area contributed by atoms with Crippen LogP contribution >= 0.6 is 11.3 Å². The molecule has 0 bridgehead atoms. The van der Waals surface area contributed by atoms with Gasteiger partial charge in [0.25, 0.3) is 5.91 Å². The van der Waals surface area contributed by atoms with Crippen LogP contribution in [-0.4, -0.2) is 29.3 Å². The summed E-state index contributed by atoms with van der Waals surface area (Å²) in [5.41, 5.74) is -0.0152. The SMILES string of the molecule is CCOCCc1nnc(NC(=O)c2ccccc2F)s1. The lowest BCUT2D eigenvalue weighted by atomic mass is 10.2. The molecule has 1 N–H and O–H groups in total. The van der Waals surface area contributed by atoms with Crippen LogP contribution < -0.4 is 5.32 Å². The van der Waals surface area contributed by atoms with Gasteiger partial charge in [-0.3, -0.25) is 10.1 Å². The van der Waals surface area contributed by atoms with Crippen LogP contribution in [0, 0.1) is 5.82 Å². The average Bonchev–Trinajstić information content (AvgIpc) is 2.87. The van der Waals surface area contributed by atoms with Crippen LogP contribution in [0.25, 0.3) is 0 Å². The van der Waals surface area contributed by atoms with Crippen molar-refractivity contribution < 1.29 is 13.9 Å². The van der Waals surface area contributed by atoms with E-state index in [1.54, 1.807) is 6.07 Å². The summed E-state index contributed by atoms with van der Waals surface area (Å²) in [7, 11) is 0. The maximum atomic E-state index is 13.4. The molecule has 1 aromatic heterocycles. The number of benzene rings is 1. The Morgan fingerprint density at radius 3 is 2.95 bits per heavy atom. The molecule has 0 fully saturated rings. The largest absolute Gasteiger partial charge is 0.381 e. The van der Waals surface area contributed by atoms with Crippen molar-refractivity contribution in [2.45, 2.75) is 13.3 Å². The molecule has 1 heterocycles. The van der Waals surface area contributed by atoms with Crippen LogP contribution in [0.15, 0.2) is 24.3 Å². The van der Waals surface area contributed by atoms with Gasteiger partial charge in [0.05, 0.1) is 12.2 Å². The van der Waals surface area contributed by atoms with E-state index in [9.17, 15) is 9.18 Å². The lowest BCUT2D eigenvalue weighted by molar-refractivity contribution is 0.102. The van der Waals surface area contributed by atoms with Gasteiger partial charge in [0.2, 0.25) is 5.13 Å².